The van der Waals surface area contributed by atoms with Gasteiger partial charge in [0, 0.05) is 11.6 Å². The lowest BCUT2D eigenvalue weighted by Crippen LogP contribution is -2.14. The Labute approximate surface area is 88.5 Å². The molecule has 1 fully saturated rings. The maximum atomic E-state index is 12.5. The summed E-state index contributed by atoms with van der Waals surface area (Å²) in [6.45, 7) is 2.97. The second kappa shape index (κ2) is 4.27. The molecule has 15 heavy (non-hydrogen) atoms. The van der Waals surface area contributed by atoms with E-state index in [1.807, 2.05) is 6.92 Å². The predicted molar refractivity (Wildman–Crippen MR) is 56.1 cm³/mol. The third kappa shape index (κ3) is 2.17. The zero-order valence-corrected chi connectivity index (χ0v) is 8.76. The lowest BCUT2D eigenvalue weighted by atomic mass is 9.97. The van der Waals surface area contributed by atoms with E-state index in [1.165, 1.54) is 6.07 Å². The van der Waals surface area contributed by atoms with Gasteiger partial charge in [0.15, 0.2) is 0 Å². The number of aryl methyl sites for hydroxylation is 1. The third-order valence-corrected chi connectivity index (χ3v) is 2.99. The van der Waals surface area contributed by atoms with Crippen LogP contribution in [0.3, 0.4) is 0 Å². The highest BCUT2D eigenvalue weighted by molar-refractivity contribution is 5.34. The number of alkyl halides is 2. The van der Waals surface area contributed by atoms with Gasteiger partial charge in [0.25, 0.3) is 6.43 Å². The smallest absolute Gasteiger partial charge is 0.263 e. The molecule has 82 valence electrons. The van der Waals surface area contributed by atoms with Crippen LogP contribution in [0.4, 0.5) is 8.78 Å². The highest BCUT2D eigenvalue weighted by Crippen LogP contribution is 2.29. The molecule has 0 amide bonds. The summed E-state index contributed by atoms with van der Waals surface area (Å²) in [5.74, 6) is 0. The number of nitrogens with one attached hydrogen (secondary N) is 1. The van der Waals surface area contributed by atoms with Crippen molar-refractivity contribution in [1.29, 1.82) is 0 Å². The molecule has 1 aromatic rings. The summed E-state index contributed by atoms with van der Waals surface area (Å²) in [4.78, 5) is 0. The highest BCUT2D eigenvalue weighted by atomic mass is 19.3. The molecular weight excluding hydrogens is 196 g/mol. The second-order valence-corrected chi connectivity index (χ2v) is 4.07. The first-order chi connectivity index (χ1) is 7.18. The molecule has 1 atom stereocenters. The molecule has 0 aliphatic carbocycles. The number of benzene rings is 1. The van der Waals surface area contributed by atoms with Crippen LogP contribution in [0.25, 0.3) is 0 Å². The molecule has 1 saturated heterocycles. The van der Waals surface area contributed by atoms with E-state index in [0.717, 1.165) is 30.5 Å². The summed E-state index contributed by atoms with van der Waals surface area (Å²) in [5, 5.41) is 3.33. The van der Waals surface area contributed by atoms with E-state index >= 15 is 0 Å². The van der Waals surface area contributed by atoms with E-state index in [0.29, 0.717) is 0 Å². The largest absolute Gasteiger partial charge is 0.310 e. The second-order valence-electron chi connectivity index (χ2n) is 4.07. The minimum atomic E-state index is -2.37. The van der Waals surface area contributed by atoms with Crippen LogP contribution in [-0.4, -0.2) is 6.54 Å². The summed E-state index contributed by atoms with van der Waals surface area (Å²) >= 11 is 0. The van der Waals surface area contributed by atoms with Crippen LogP contribution in [0.5, 0.6) is 0 Å². The summed E-state index contributed by atoms with van der Waals surface area (Å²) in [6, 6.07) is 5.21. The Balaban J connectivity index is 2.31. The van der Waals surface area contributed by atoms with Gasteiger partial charge in [0.05, 0.1) is 0 Å². The molecule has 0 bridgehead atoms. The van der Waals surface area contributed by atoms with Gasteiger partial charge in [-0.1, -0.05) is 12.1 Å². The molecule has 2 rings (SSSR count). The predicted octanol–water partition coefficient (Wildman–Crippen LogP) is 3.36. The van der Waals surface area contributed by atoms with E-state index in [4.69, 9.17) is 0 Å². The minimum absolute atomic E-state index is 0.129. The van der Waals surface area contributed by atoms with E-state index in [9.17, 15) is 8.78 Å². The molecule has 0 spiro atoms. The van der Waals surface area contributed by atoms with Gasteiger partial charge in [0.2, 0.25) is 0 Å². The van der Waals surface area contributed by atoms with Gasteiger partial charge in [0.1, 0.15) is 0 Å². The van der Waals surface area contributed by atoms with Crippen molar-refractivity contribution in [3.05, 3.63) is 34.9 Å². The van der Waals surface area contributed by atoms with Crippen LogP contribution < -0.4 is 5.32 Å². The molecule has 1 unspecified atom stereocenters. The topological polar surface area (TPSA) is 12.0 Å². The average Bonchev–Trinajstić information content (AvgIpc) is 2.71. The molecule has 1 aliphatic heterocycles. The van der Waals surface area contributed by atoms with Crippen LogP contribution in [0.2, 0.25) is 0 Å². The van der Waals surface area contributed by atoms with Crippen molar-refractivity contribution in [2.45, 2.75) is 32.2 Å². The summed E-state index contributed by atoms with van der Waals surface area (Å²) in [7, 11) is 0. The molecule has 3 heteroatoms. The molecule has 1 nitrogen and oxygen atoms in total. The first-order valence-corrected chi connectivity index (χ1v) is 5.30. The van der Waals surface area contributed by atoms with E-state index < -0.39 is 6.43 Å². The zero-order valence-electron chi connectivity index (χ0n) is 8.76. The van der Waals surface area contributed by atoms with Crippen molar-refractivity contribution in [1.82, 2.24) is 5.32 Å². The molecule has 1 N–H and O–H groups in total. The van der Waals surface area contributed by atoms with Gasteiger partial charge in [-0.15, -0.1) is 0 Å². The fourth-order valence-electron chi connectivity index (χ4n) is 2.12. The number of hydrogen-bond acceptors (Lipinski definition) is 1. The summed E-state index contributed by atoms with van der Waals surface area (Å²) in [5.41, 5.74) is 2.26. The first-order valence-electron chi connectivity index (χ1n) is 5.30. The Hall–Kier alpha value is -0.960. The molecule has 0 aromatic heterocycles. The van der Waals surface area contributed by atoms with Gasteiger partial charge in [-0.25, -0.2) is 8.78 Å². The van der Waals surface area contributed by atoms with Gasteiger partial charge in [-0.2, -0.15) is 0 Å². The third-order valence-electron chi connectivity index (χ3n) is 2.99. The van der Waals surface area contributed by atoms with Crippen LogP contribution in [0.1, 0.15) is 42.0 Å². The minimum Gasteiger partial charge on any atom is -0.310 e. The molecule has 1 heterocycles. The van der Waals surface area contributed by atoms with E-state index in [2.05, 4.69) is 5.32 Å². The lowest BCUT2D eigenvalue weighted by Gasteiger charge is -2.15. The van der Waals surface area contributed by atoms with E-state index in [-0.39, 0.29) is 11.6 Å². The van der Waals surface area contributed by atoms with E-state index in [1.54, 1.807) is 12.1 Å². The normalized spacial score (nSPS) is 21.2. The number of rotatable bonds is 2. The fraction of sp³-hybridized carbons (Fsp3) is 0.500. The Morgan fingerprint density at radius 1 is 1.40 bits per heavy atom. The van der Waals surface area contributed by atoms with Crippen LogP contribution in [-0.2, 0) is 0 Å². The standard InChI is InChI=1S/C12H15F2N/c1-8-4-5-9(12(13)14)7-10(8)11-3-2-6-15-11/h4-5,7,11-12,15H,2-3,6H2,1H3. The highest BCUT2D eigenvalue weighted by Gasteiger charge is 2.19. The number of halogens is 2. The van der Waals surface area contributed by atoms with Crippen molar-refractivity contribution in [3.8, 4) is 0 Å². The van der Waals surface area contributed by atoms with Crippen molar-refractivity contribution < 1.29 is 8.78 Å². The molecular formula is C12H15F2N. The Morgan fingerprint density at radius 2 is 2.20 bits per heavy atom. The molecule has 1 aromatic carbocycles. The SMILES string of the molecule is Cc1ccc(C(F)F)cc1C1CCCN1. The molecule has 0 saturated carbocycles. The van der Waals surface area contributed by atoms with Crippen molar-refractivity contribution in [2.75, 3.05) is 6.54 Å². The Kier molecular flexibility index (Phi) is 3.00. The maximum Gasteiger partial charge on any atom is 0.263 e. The summed E-state index contributed by atoms with van der Waals surface area (Å²) < 4.78 is 25.1. The number of hydrogen-bond donors (Lipinski definition) is 1. The van der Waals surface area contributed by atoms with Crippen LogP contribution in [0, 0.1) is 6.92 Å². The van der Waals surface area contributed by atoms with Crippen LogP contribution >= 0.6 is 0 Å². The fourth-order valence-corrected chi connectivity index (χ4v) is 2.12. The van der Waals surface area contributed by atoms with Gasteiger partial charge in [-0.05, 0) is 43.5 Å². The lowest BCUT2D eigenvalue weighted by molar-refractivity contribution is 0.151. The van der Waals surface area contributed by atoms with Gasteiger partial charge >= 0.3 is 0 Å². The first kappa shape index (κ1) is 10.6. The van der Waals surface area contributed by atoms with Crippen LogP contribution in [0.15, 0.2) is 18.2 Å². The molecule has 1 aliphatic rings. The monoisotopic (exact) mass is 211 g/mol. The Bertz CT molecular complexity index is 343. The van der Waals surface area contributed by atoms with Gasteiger partial charge < -0.3 is 5.32 Å². The van der Waals surface area contributed by atoms with Crippen molar-refractivity contribution in [3.63, 3.8) is 0 Å². The van der Waals surface area contributed by atoms with Crippen molar-refractivity contribution in [2.24, 2.45) is 0 Å². The molecule has 0 radical (unpaired) electrons. The Morgan fingerprint density at radius 3 is 2.80 bits per heavy atom. The zero-order chi connectivity index (χ0) is 10.8. The quantitative estimate of drug-likeness (QED) is 0.791. The summed E-state index contributed by atoms with van der Waals surface area (Å²) in [6.07, 6.45) is -0.193. The van der Waals surface area contributed by atoms with Gasteiger partial charge in [-0.3, -0.25) is 0 Å². The average molecular weight is 211 g/mol. The van der Waals surface area contributed by atoms with Crippen molar-refractivity contribution >= 4 is 0 Å². The maximum absolute atomic E-state index is 12.5.